The Hall–Kier alpha value is -3.71. The van der Waals surface area contributed by atoms with Crippen LogP contribution < -0.4 is 10.1 Å². The first-order chi connectivity index (χ1) is 15.8. The maximum absolute atomic E-state index is 12.6. The van der Waals surface area contributed by atoms with Gasteiger partial charge in [-0.15, -0.1) is 0 Å². The summed E-state index contributed by atoms with van der Waals surface area (Å²) in [4.78, 5) is 23.1. The van der Waals surface area contributed by atoms with Crippen LogP contribution in [0.4, 0.5) is 11.4 Å². The number of halogens is 1. The molecule has 1 amide bonds. The first-order valence-electron chi connectivity index (χ1n) is 9.93. The Morgan fingerprint density at radius 2 is 1.97 bits per heavy atom. The van der Waals surface area contributed by atoms with Crippen molar-refractivity contribution in [1.82, 2.24) is 0 Å². The van der Waals surface area contributed by atoms with E-state index < -0.39 is 10.8 Å². The smallest absolute Gasteiger partial charge is 0.269 e. The molecule has 33 heavy (non-hydrogen) atoms. The van der Waals surface area contributed by atoms with Gasteiger partial charge in [-0.2, -0.15) is 5.26 Å². The number of carbonyl (C=O) groups excluding carboxylic acids is 1. The van der Waals surface area contributed by atoms with Gasteiger partial charge in [0.25, 0.3) is 11.6 Å². The summed E-state index contributed by atoms with van der Waals surface area (Å²) in [7, 11) is 0. The van der Waals surface area contributed by atoms with Crippen molar-refractivity contribution in [1.29, 1.82) is 5.26 Å². The molecule has 0 saturated carbocycles. The molecule has 0 aliphatic rings. The number of non-ortho nitro benzene ring substituents is 1. The highest BCUT2D eigenvalue weighted by molar-refractivity contribution is 14.1. The van der Waals surface area contributed by atoms with Crippen LogP contribution in [0, 0.1) is 38.9 Å². The molecule has 0 atom stereocenters. The largest absolute Gasteiger partial charge is 0.488 e. The minimum Gasteiger partial charge on any atom is -0.488 e. The van der Waals surface area contributed by atoms with Crippen molar-refractivity contribution in [3.63, 3.8) is 0 Å². The first kappa shape index (κ1) is 23.9. The van der Waals surface area contributed by atoms with E-state index in [1.165, 1.54) is 18.2 Å². The van der Waals surface area contributed by atoms with Gasteiger partial charge in [0.2, 0.25) is 0 Å². The van der Waals surface area contributed by atoms with Gasteiger partial charge < -0.3 is 10.1 Å². The summed E-state index contributed by atoms with van der Waals surface area (Å²) >= 11 is 2.10. The predicted molar refractivity (Wildman–Crippen MR) is 135 cm³/mol. The summed E-state index contributed by atoms with van der Waals surface area (Å²) in [5.41, 5.74) is 4.01. The number of amides is 1. The van der Waals surface area contributed by atoms with Crippen LogP contribution in [0.2, 0.25) is 0 Å². The second-order valence-corrected chi connectivity index (χ2v) is 8.51. The topological polar surface area (TPSA) is 105 Å². The molecule has 0 spiro atoms. The third-order valence-electron chi connectivity index (χ3n) is 4.78. The van der Waals surface area contributed by atoms with Gasteiger partial charge in [-0.05, 0) is 77.4 Å². The van der Waals surface area contributed by atoms with Crippen LogP contribution in [-0.2, 0) is 11.4 Å². The van der Waals surface area contributed by atoms with E-state index in [2.05, 4.69) is 27.9 Å². The lowest BCUT2D eigenvalue weighted by Crippen LogP contribution is -2.14. The first-order valence-corrected chi connectivity index (χ1v) is 11.0. The Morgan fingerprint density at radius 3 is 2.64 bits per heavy atom. The number of anilines is 1. The van der Waals surface area contributed by atoms with Crippen molar-refractivity contribution in [2.75, 3.05) is 5.32 Å². The number of benzene rings is 3. The number of nitro groups is 1. The number of rotatable bonds is 7. The molecule has 0 aromatic heterocycles. The molecule has 0 aliphatic carbocycles. The fraction of sp³-hybridized carbons (Fsp3) is 0.120. The van der Waals surface area contributed by atoms with Crippen molar-refractivity contribution in [2.45, 2.75) is 20.5 Å². The van der Waals surface area contributed by atoms with Crippen molar-refractivity contribution >= 4 is 45.9 Å². The highest BCUT2D eigenvalue weighted by Gasteiger charge is 2.12. The lowest BCUT2D eigenvalue weighted by atomic mass is 10.1. The van der Waals surface area contributed by atoms with Crippen LogP contribution >= 0.6 is 22.6 Å². The van der Waals surface area contributed by atoms with Crippen LogP contribution in [-0.4, -0.2) is 10.8 Å². The standard InChI is InChI=1S/C25H20IN3O4/c1-16-6-8-23(17(2)10-16)28-25(30)20(14-27)11-18-7-9-24(22(26)13-18)33-15-19-4-3-5-21(12-19)29(31)32/h3-13H,15H2,1-2H3,(H,28,30)/b20-11+. The molecule has 1 N–H and O–H groups in total. The molecule has 0 fully saturated rings. The number of hydrogen-bond acceptors (Lipinski definition) is 5. The average molecular weight is 553 g/mol. The Morgan fingerprint density at radius 1 is 1.18 bits per heavy atom. The second kappa shape index (κ2) is 10.7. The normalized spacial score (nSPS) is 10.9. The summed E-state index contributed by atoms with van der Waals surface area (Å²) in [6.45, 7) is 4.04. The number of nitrogens with one attached hydrogen (secondary N) is 1. The Balaban J connectivity index is 1.72. The minimum atomic E-state index is -0.481. The van der Waals surface area contributed by atoms with Crippen LogP contribution in [0.15, 0.2) is 66.2 Å². The summed E-state index contributed by atoms with van der Waals surface area (Å²) in [5, 5.41) is 23.2. The van der Waals surface area contributed by atoms with E-state index in [1.54, 1.807) is 30.3 Å². The molecule has 166 valence electrons. The zero-order valence-electron chi connectivity index (χ0n) is 18.0. The van der Waals surface area contributed by atoms with E-state index in [4.69, 9.17) is 4.74 Å². The lowest BCUT2D eigenvalue weighted by Gasteiger charge is -2.10. The highest BCUT2D eigenvalue weighted by Crippen LogP contribution is 2.25. The molecule has 3 aromatic carbocycles. The third-order valence-corrected chi connectivity index (χ3v) is 5.62. The van der Waals surface area contributed by atoms with Crippen LogP contribution in [0.1, 0.15) is 22.3 Å². The molecule has 7 nitrogen and oxygen atoms in total. The molecule has 0 aliphatic heterocycles. The van der Waals surface area contributed by atoms with Crippen molar-refractivity contribution in [3.8, 4) is 11.8 Å². The van der Waals surface area contributed by atoms with E-state index in [0.717, 1.165) is 14.7 Å². The molecule has 0 saturated heterocycles. The molecule has 3 rings (SSSR count). The van der Waals surface area contributed by atoms with Gasteiger partial charge in [0, 0.05) is 17.8 Å². The van der Waals surface area contributed by atoms with Gasteiger partial charge in [0.1, 0.15) is 24.0 Å². The van der Waals surface area contributed by atoms with Crippen molar-refractivity contribution < 1.29 is 14.5 Å². The molecular weight excluding hydrogens is 533 g/mol. The van der Waals surface area contributed by atoms with E-state index in [-0.39, 0.29) is 17.9 Å². The Bertz CT molecular complexity index is 1300. The number of nitriles is 1. The maximum atomic E-state index is 12.6. The Kier molecular flexibility index (Phi) is 7.79. The zero-order chi connectivity index (χ0) is 24.0. The quantitative estimate of drug-likeness (QED) is 0.128. The van der Waals surface area contributed by atoms with Gasteiger partial charge >= 0.3 is 0 Å². The minimum absolute atomic E-state index is 0.00872. The summed E-state index contributed by atoms with van der Waals surface area (Å²) in [6.07, 6.45) is 1.52. The molecule has 0 bridgehead atoms. The molecule has 8 heteroatoms. The van der Waals surface area contributed by atoms with Gasteiger partial charge in [0.05, 0.1) is 8.49 Å². The zero-order valence-corrected chi connectivity index (χ0v) is 20.1. The van der Waals surface area contributed by atoms with E-state index in [1.807, 2.05) is 38.1 Å². The number of nitrogens with zero attached hydrogens (tertiary/aromatic N) is 2. The maximum Gasteiger partial charge on any atom is 0.269 e. The summed E-state index contributed by atoms with van der Waals surface area (Å²) in [6, 6.07) is 19.2. The predicted octanol–water partition coefficient (Wildman–Crippen LogP) is 5.94. The summed E-state index contributed by atoms with van der Waals surface area (Å²) in [5.74, 6) is 0.114. The number of nitro benzene ring substituents is 1. The van der Waals surface area contributed by atoms with Gasteiger partial charge in [-0.3, -0.25) is 14.9 Å². The van der Waals surface area contributed by atoms with E-state index in [9.17, 15) is 20.2 Å². The SMILES string of the molecule is Cc1ccc(NC(=O)/C(C#N)=C/c2ccc(OCc3cccc([N+](=O)[O-])c3)c(I)c2)c(C)c1. The monoisotopic (exact) mass is 553 g/mol. The fourth-order valence-electron chi connectivity index (χ4n) is 3.10. The van der Waals surface area contributed by atoms with Gasteiger partial charge in [-0.25, -0.2) is 0 Å². The van der Waals surface area contributed by atoms with E-state index in [0.29, 0.717) is 22.6 Å². The molecule has 0 unspecified atom stereocenters. The number of carbonyl (C=O) groups is 1. The van der Waals surface area contributed by atoms with Crippen LogP contribution in [0.3, 0.4) is 0 Å². The van der Waals surface area contributed by atoms with Crippen LogP contribution in [0.5, 0.6) is 5.75 Å². The second-order valence-electron chi connectivity index (χ2n) is 7.35. The van der Waals surface area contributed by atoms with Crippen molar-refractivity contribution in [2.24, 2.45) is 0 Å². The molecule has 0 radical (unpaired) electrons. The number of ether oxygens (including phenoxy) is 1. The molecule has 0 heterocycles. The van der Waals surface area contributed by atoms with Crippen molar-refractivity contribution in [3.05, 3.63) is 102 Å². The van der Waals surface area contributed by atoms with Crippen LogP contribution in [0.25, 0.3) is 6.08 Å². The lowest BCUT2D eigenvalue weighted by molar-refractivity contribution is -0.384. The number of hydrogen-bond donors (Lipinski definition) is 1. The molecular formula is C25H20IN3O4. The third kappa shape index (κ3) is 6.40. The summed E-state index contributed by atoms with van der Waals surface area (Å²) < 4.78 is 6.57. The van der Waals surface area contributed by atoms with E-state index >= 15 is 0 Å². The average Bonchev–Trinajstić information content (AvgIpc) is 2.78. The molecule has 3 aromatic rings. The van der Waals surface area contributed by atoms with Gasteiger partial charge in [0.15, 0.2) is 0 Å². The number of aryl methyl sites for hydroxylation is 2. The highest BCUT2D eigenvalue weighted by atomic mass is 127. The van der Waals surface area contributed by atoms with Gasteiger partial charge in [-0.1, -0.05) is 35.9 Å². The fourth-order valence-corrected chi connectivity index (χ4v) is 3.80. The Labute approximate surface area is 205 Å².